The minimum absolute atomic E-state index is 0.119. The number of benzene rings is 1. The number of ether oxygens (including phenoxy) is 1. The van der Waals surface area contributed by atoms with Crippen LogP contribution in [0.3, 0.4) is 0 Å². The lowest BCUT2D eigenvalue weighted by Crippen LogP contribution is -2.05. The zero-order valence-electron chi connectivity index (χ0n) is 9.67. The first kappa shape index (κ1) is 14.6. The molecule has 0 heterocycles. The highest BCUT2D eigenvalue weighted by Crippen LogP contribution is 2.23. The Kier molecular flexibility index (Phi) is 5.77. The summed E-state index contributed by atoms with van der Waals surface area (Å²) in [6.07, 6.45) is 2.63. The van der Waals surface area contributed by atoms with Gasteiger partial charge in [0, 0.05) is 17.1 Å². The molecule has 1 N–H and O–H groups in total. The van der Waals surface area contributed by atoms with E-state index in [0.29, 0.717) is 4.47 Å². The van der Waals surface area contributed by atoms with Crippen molar-refractivity contribution >= 4 is 27.6 Å². The first-order valence-electron chi connectivity index (χ1n) is 5.26. The van der Waals surface area contributed by atoms with Gasteiger partial charge in [-0.25, -0.2) is 13.6 Å². The van der Waals surface area contributed by atoms with E-state index in [2.05, 4.69) is 26.0 Å². The fourth-order valence-corrected chi connectivity index (χ4v) is 1.62. The molecular weight excluding hydrogens is 308 g/mol. The maximum atomic E-state index is 13.4. The minimum atomic E-state index is -0.702. The van der Waals surface area contributed by atoms with Crippen LogP contribution in [0.4, 0.5) is 14.5 Å². The second-order valence-electron chi connectivity index (χ2n) is 3.28. The molecule has 0 amide bonds. The molecule has 0 fully saturated rings. The van der Waals surface area contributed by atoms with Crippen LogP contribution in [0.15, 0.2) is 28.8 Å². The van der Waals surface area contributed by atoms with Crippen LogP contribution in [0.1, 0.15) is 6.92 Å². The van der Waals surface area contributed by atoms with E-state index in [-0.39, 0.29) is 18.8 Å². The van der Waals surface area contributed by atoms with Crippen molar-refractivity contribution in [1.82, 2.24) is 0 Å². The van der Waals surface area contributed by atoms with E-state index >= 15 is 0 Å². The van der Waals surface area contributed by atoms with Gasteiger partial charge in [-0.2, -0.15) is 0 Å². The van der Waals surface area contributed by atoms with Gasteiger partial charge in [0.25, 0.3) is 0 Å². The summed E-state index contributed by atoms with van der Waals surface area (Å²) in [5, 5.41) is 2.54. The van der Waals surface area contributed by atoms with Crippen molar-refractivity contribution in [2.24, 2.45) is 0 Å². The fraction of sp³-hybridized carbons (Fsp3) is 0.250. The number of hydrogen-bond acceptors (Lipinski definition) is 3. The first-order valence-corrected chi connectivity index (χ1v) is 6.05. The Hall–Kier alpha value is -1.43. The molecule has 0 radical (unpaired) electrons. The summed E-state index contributed by atoms with van der Waals surface area (Å²) in [7, 11) is 0. The highest BCUT2D eigenvalue weighted by atomic mass is 79.9. The van der Waals surface area contributed by atoms with Crippen molar-refractivity contribution in [3.63, 3.8) is 0 Å². The van der Waals surface area contributed by atoms with Gasteiger partial charge in [-0.1, -0.05) is 22.0 Å². The number of nitrogens with one attached hydrogen (secondary N) is 1. The van der Waals surface area contributed by atoms with Gasteiger partial charge in [-0.05, 0) is 19.1 Å². The third kappa shape index (κ3) is 4.44. The zero-order chi connectivity index (χ0) is 13.5. The topological polar surface area (TPSA) is 38.3 Å². The standard InChI is InChI=1S/C12H12BrF2NO2/c1-2-18-11(17)4-3-5-16-12-9(14)6-8(13)7-10(12)15/h3-4,6-7,16H,2,5H2,1H3/b4-3+. The smallest absolute Gasteiger partial charge is 0.330 e. The molecule has 1 rings (SSSR count). The van der Waals surface area contributed by atoms with Crippen molar-refractivity contribution in [2.45, 2.75) is 6.92 Å². The number of carbonyl (C=O) groups excluding carboxylic acids is 1. The second-order valence-corrected chi connectivity index (χ2v) is 4.20. The van der Waals surface area contributed by atoms with Crippen LogP contribution in [-0.4, -0.2) is 19.1 Å². The molecule has 18 heavy (non-hydrogen) atoms. The molecule has 0 saturated heterocycles. The highest BCUT2D eigenvalue weighted by Gasteiger charge is 2.08. The molecule has 0 aromatic heterocycles. The number of anilines is 1. The Morgan fingerprint density at radius 1 is 1.44 bits per heavy atom. The van der Waals surface area contributed by atoms with E-state index < -0.39 is 17.6 Å². The monoisotopic (exact) mass is 319 g/mol. The highest BCUT2D eigenvalue weighted by molar-refractivity contribution is 9.10. The van der Waals surface area contributed by atoms with Gasteiger partial charge in [0.1, 0.15) is 17.3 Å². The van der Waals surface area contributed by atoms with Gasteiger partial charge in [0.15, 0.2) is 0 Å². The van der Waals surface area contributed by atoms with Gasteiger partial charge in [0.2, 0.25) is 0 Å². The number of rotatable bonds is 5. The summed E-state index contributed by atoms with van der Waals surface area (Å²) in [5.41, 5.74) is -0.230. The van der Waals surface area contributed by atoms with Gasteiger partial charge in [-0.15, -0.1) is 0 Å². The van der Waals surface area contributed by atoms with Crippen LogP contribution >= 0.6 is 15.9 Å². The van der Waals surface area contributed by atoms with Crippen LogP contribution < -0.4 is 5.32 Å². The first-order chi connectivity index (χ1) is 8.54. The summed E-state index contributed by atoms with van der Waals surface area (Å²) >= 11 is 2.98. The Morgan fingerprint density at radius 2 is 2.06 bits per heavy atom. The average molecular weight is 320 g/mol. The van der Waals surface area contributed by atoms with Crippen molar-refractivity contribution < 1.29 is 18.3 Å². The number of halogens is 3. The molecule has 1 aromatic carbocycles. The molecule has 98 valence electrons. The molecule has 0 aliphatic rings. The predicted molar refractivity (Wildman–Crippen MR) is 68.3 cm³/mol. The molecule has 0 saturated carbocycles. The fourth-order valence-electron chi connectivity index (χ4n) is 1.22. The maximum absolute atomic E-state index is 13.4. The van der Waals surface area contributed by atoms with Gasteiger partial charge < -0.3 is 10.1 Å². The molecular formula is C12H12BrF2NO2. The minimum Gasteiger partial charge on any atom is -0.463 e. The molecule has 0 aliphatic heterocycles. The van der Waals surface area contributed by atoms with E-state index in [4.69, 9.17) is 0 Å². The third-order valence-electron chi connectivity index (χ3n) is 1.94. The Morgan fingerprint density at radius 3 is 2.61 bits per heavy atom. The van der Waals surface area contributed by atoms with Gasteiger partial charge in [0.05, 0.1) is 6.61 Å². The summed E-state index contributed by atoms with van der Waals surface area (Å²) < 4.78 is 31.7. The molecule has 0 spiro atoms. The summed E-state index contributed by atoms with van der Waals surface area (Å²) in [5.74, 6) is -1.89. The lowest BCUT2D eigenvalue weighted by Gasteiger charge is -2.06. The van der Waals surface area contributed by atoms with E-state index in [1.807, 2.05) is 0 Å². The zero-order valence-corrected chi connectivity index (χ0v) is 11.3. The SMILES string of the molecule is CCOC(=O)/C=C/CNc1c(F)cc(Br)cc1F. The van der Waals surface area contributed by atoms with Crippen LogP contribution in [0, 0.1) is 11.6 Å². The van der Waals surface area contributed by atoms with E-state index in [1.165, 1.54) is 12.2 Å². The molecule has 6 heteroatoms. The van der Waals surface area contributed by atoms with Crippen molar-refractivity contribution in [2.75, 3.05) is 18.5 Å². The summed E-state index contributed by atoms with van der Waals surface area (Å²) in [4.78, 5) is 10.9. The second kappa shape index (κ2) is 7.10. The van der Waals surface area contributed by atoms with Crippen LogP contribution in [-0.2, 0) is 9.53 Å². The van der Waals surface area contributed by atoms with Crippen molar-refractivity contribution in [3.8, 4) is 0 Å². The normalized spacial score (nSPS) is 10.7. The van der Waals surface area contributed by atoms with E-state index in [0.717, 1.165) is 12.1 Å². The van der Waals surface area contributed by atoms with Gasteiger partial charge in [-0.3, -0.25) is 0 Å². The van der Waals surface area contributed by atoms with Crippen LogP contribution in [0.25, 0.3) is 0 Å². The lowest BCUT2D eigenvalue weighted by molar-refractivity contribution is -0.137. The number of esters is 1. The van der Waals surface area contributed by atoms with Crippen molar-refractivity contribution in [3.05, 3.63) is 40.4 Å². The summed E-state index contributed by atoms with van der Waals surface area (Å²) in [6, 6.07) is 2.31. The van der Waals surface area contributed by atoms with E-state index in [9.17, 15) is 13.6 Å². The maximum Gasteiger partial charge on any atom is 0.330 e. The molecule has 0 aliphatic carbocycles. The van der Waals surface area contributed by atoms with Crippen LogP contribution in [0.2, 0.25) is 0 Å². The largest absolute Gasteiger partial charge is 0.463 e. The molecule has 0 atom stereocenters. The van der Waals surface area contributed by atoms with Gasteiger partial charge >= 0.3 is 5.97 Å². The average Bonchev–Trinajstić information content (AvgIpc) is 2.27. The summed E-state index contributed by atoms with van der Waals surface area (Å²) in [6.45, 7) is 2.09. The number of carbonyl (C=O) groups is 1. The lowest BCUT2D eigenvalue weighted by atomic mass is 10.3. The Labute approximate surface area is 112 Å². The molecule has 3 nitrogen and oxygen atoms in total. The quantitative estimate of drug-likeness (QED) is 0.668. The van der Waals surface area contributed by atoms with Crippen LogP contribution in [0.5, 0.6) is 0 Å². The third-order valence-corrected chi connectivity index (χ3v) is 2.40. The Bertz CT molecular complexity index is 440. The Balaban J connectivity index is 2.57. The predicted octanol–water partition coefficient (Wildman–Crippen LogP) is 3.26. The molecule has 0 bridgehead atoms. The van der Waals surface area contributed by atoms with E-state index in [1.54, 1.807) is 6.92 Å². The molecule has 1 aromatic rings. The number of hydrogen-bond donors (Lipinski definition) is 1. The van der Waals surface area contributed by atoms with Crippen molar-refractivity contribution in [1.29, 1.82) is 0 Å². The molecule has 0 unspecified atom stereocenters.